The van der Waals surface area contributed by atoms with E-state index in [0.29, 0.717) is 0 Å². The van der Waals surface area contributed by atoms with E-state index in [1.807, 2.05) is 6.92 Å². The van der Waals surface area contributed by atoms with Crippen LogP contribution in [0.1, 0.15) is 39.0 Å². The highest BCUT2D eigenvalue weighted by molar-refractivity contribution is 5.73. The molecule has 2 aliphatic carbocycles. The fourth-order valence-electron chi connectivity index (χ4n) is 2.46. The minimum absolute atomic E-state index is 0.379. The van der Waals surface area contributed by atoms with Crippen LogP contribution in [-0.2, 0) is 4.79 Å². The van der Waals surface area contributed by atoms with Crippen LogP contribution >= 0.6 is 0 Å². The summed E-state index contributed by atoms with van der Waals surface area (Å²) in [7, 11) is 0. The number of aliphatic carboxylic acids is 1. The van der Waals surface area contributed by atoms with Crippen molar-refractivity contribution in [1.29, 1.82) is 0 Å². The molecule has 4 heteroatoms. The molecule has 1 atom stereocenters. The molecule has 2 rings (SSSR count). The van der Waals surface area contributed by atoms with Gasteiger partial charge in [0, 0.05) is 19.6 Å². The minimum atomic E-state index is -0.713. The van der Waals surface area contributed by atoms with Crippen molar-refractivity contribution in [3.8, 4) is 0 Å². The first-order chi connectivity index (χ1) is 8.69. The molecule has 18 heavy (non-hydrogen) atoms. The Hall–Kier alpha value is -0.610. The fraction of sp³-hybridized carbons (Fsp3) is 0.929. The van der Waals surface area contributed by atoms with Crippen LogP contribution in [0.2, 0.25) is 0 Å². The Kier molecular flexibility index (Phi) is 5.01. The zero-order valence-corrected chi connectivity index (χ0v) is 11.4. The van der Waals surface area contributed by atoms with E-state index in [4.69, 9.17) is 5.11 Å². The molecule has 0 saturated heterocycles. The summed E-state index contributed by atoms with van der Waals surface area (Å²) < 4.78 is 0. The second-order valence-corrected chi connectivity index (χ2v) is 5.88. The molecule has 2 aliphatic rings. The number of carboxylic acid groups (broad SMARTS) is 1. The average molecular weight is 254 g/mol. The second kappa shape index (κ2) is 6.53. The van der Waals surface area contributed by atoms with E-state index < -0.39 is 5.97 Å². The predicted molar refractivity (Wildman–Crippen MR) is 71.6 cm³/mol. The number of likely N-dealkylation sites (N-methyl/N-ethyl adjacent to an activating group) is 1. The number of carboxylic acids is 1. The van der Waals surface area contributed by atoms with Crippen LogP contribution in [0, 0.1) is 11.8 Å². The SMILES string of the molecule is CCNC(CCN(CC1CC1)CC1CC1)C(=O)O. The van der Waals surface area contributed by atoms with Crippen molar-refractivity contribution < 1.29 is 9.90 Å². The molecular formula is C14H26N2O2. The fourth-order valence-corrected chi connectivity index (χ4v) is 2.46. The third kappa shape index (κ3) is 4.94. The van der Waals surface area contributed by atoms with Gasteiger partial charge in [-0.05, 0) is 50.5 Å². The summed E-state index contributed by atoms with van der Waals surface area (Å²) in [6, 6.07) is -0.379. The highest BCUT2D eigenvalue weighted by Gasteiger charge is 2.29. The van der Waals surface area contributed by atoms with E-state index in [1.54, 1.807) is 0 Å². The summed E-state index contributed by atoms with van der Waals surface area (Å²) in [6.45, 7) is 5.99. The van der Waals surface area contributed by atoms with E-state index >= 15 is 0 Å². The molecule has 0 bridgehead atoms. The van der Waals surface area contributed by atoms with E-state index in [2.05, 4.69) is 10.2 Å². The van der Waals surface area contributed by atoms with Crippen LogP contribution < -0.4 is 5.32 Å². The normalized spacial score (nSPS) is 21.2. The van der Waals surface area contributed by atoms with Gasteiger partial charge in [-0.2, -0.15) is 0 Å². The second-order valence-electron chi connectivity index (χ2n) is 5.88. The molecule has 0 aliphatic heterocycles. The molecule has 2 fully saturated rings. The van der Waals surface area contributed by atoms with Gasteiger partial charge < -0.3 is 15.3 Å². The summed E-state index contributed by atoms with van der Waals surface area (Å²) in [5.41, 5.74) is 0. The highest BCUT2D eigenvalue weighted by atomic mass is 16.4. The molecule has 0 aromatic heterocycles. The Morgan fingerprint density at radius 3 is 2.22 bits per heavy atom. The summed E-state index contributed by atoms with van der Waals surface area (Å²) in [4.78, 5) is 13.6. The van der Waals surface area contributed by atoms with E-state index in [1.165, 1.54) is 38.8 Å². The molecule has 0 heterocycles. The Morgan fingerprint density at radius 1 is 1.28 bits per heavy atom. The molecule has 104 valence electrons. The maximum Gasteiger partial charge on any atom is 0.320 e. The van der Waals surface area contributed by atoms with Gasteiger partial charge in [0.05, 0.1) is 0 Å². The third-order valence-electron chi connectivity index (χ3n) is 3.91. The smallest absolute Gasteiger partial charge is 0.320 e. The van der Waals surface area contributed by atoms with Crippen molar-refractivity contribution in [2.24, 2.45) is 11.8 Å². The quantitative estimate of drug-likeness (QED) is 0.621. The van der Waals surface area contributed by atoms with Gasteiger partial charge in [-0.25, -0.2) is 0 Å². The van der Waals surface area contributed by atoms with Crippen molar-refractivity contribution in [3.63, 3.8) is 0 Å². The Labute approximate surface area is 110 Å². The lowest BCUT2D eigenvalue weighted by atomic mass is 10.2. The van der Waals surface area contributed by atoms with Gasteiger partial charge in [0.2, 0.25) is 0 Å². The number of nitrogens with zero attached hydrogens (tertiary/aromatic N) is 1. The maximum atomic E-state index is 11.1. The van der Waals surface area contributed by atoms with Crippen LogP contribution in [0.5, 0.6) is 0 Å². The van der Waals surface area contributed by atoms with Gasteiger partial charge in [-0.1, -0.05) is 6.92 Å². The number of rotatable bonds is 10. The molecule has 4 nitrogen and oxygen atoms in total. The first kappa shape index (κ1) is 13.8. The van der Waals surface area contributed by atoms with Gasteiger partial charge in [-0.3, -0.25) is 4.79 Å². The Balaban J connectivity index is 1.72. The lowest BCUT2D eigenvalue weighted by molar-refractivity contribution is -0.139. The maximum absolute atomic E-state index is 11.1. The first-order valence-electron chi connectivity index (χ1n) is 7.37. The topological polar surface area (TPSA) is 52.6 Å². The van der Waals surface area contributed by atoms with Crippen LogP contribution in [-0.4, -0.2) is 48.2 Å². The van der Waals surface area contributed by atoms with Gasteiger partial charge in [0.25, 0.3) is 0 Å². The Morgan fingerprint density at radius 2 is 1.83 bits per heavy atom. The number of hydrogen-bond donors (Lipinski definition) is 2. The van der Waals surface area contributed by atoms with E-state index in [0.717, 1.165) is 31.3 Å². The molecule has 0 amide bonds. The van der Waals surface area contributed by atoms with E-state index in [9.17, 15) is 4.79 Å². The Bertz CT molecular complexity index is 261. The zero-order valence-electron chi connectivity index (χ0n) is 11.4. The molecular weight excluding hydrogens is 228 g/mol. The molecule has 1 unspecified atom stereocenters. The average Bonchev–Trinajstić information content (AvgIpc) is 3.18. The van der Waals surface area contributed by atoms with Crippen LogP contribution in [0.3, 0.4) is 0 Å². The molecule has 0 aromatic carbocycles. The summed E-state index contributed by atoms with van der Waals surface area (Å²) in [5.74, 6) is 1.08. The van der Waals surface area contributed by atoms with Gasteiger partial charge in [0.1, 0.15) is 6.04 Å². The van der Waals surface area contributed by atoms with Crippen molar-refractivity contribution in [3.05, 3.63) is 0 Å². The molecule has 0 radical (unpaired) electrons. The summed E-state index contributed by atoms with van der Waals surface area (Å²) in [6.07, 6.45) is 6.21. The van der Waals surface area contributed by atoms with Crippen molar-refractivity contribution >= 4 is 5.97 Å². The van der Waals surface area contributed by atoms with Gasteiger partial charge in [-0.15, -0.1) is 0 Å². The predicted octanol–water partition coefficient (Wildman–Crippen LogP) is 1.56. The van der Waals surface area contributed by atoms with Crippen molar-refractivity contribution in [2.75, 3.05) is 26.2 Å². The lowest BCUT2D eigenvalue weighted by Gasteiger charge is -2.24. The molecule has 0 spiro atoms. The van der Waals surface area contributed by atoms with E-state index in [-0.39, 0.29) is 6.04 Å². The van der Waals surface area contributed by atoms with Crippen LogP contribution in [0.25, 0.3) is 0 Å². The monoisotopic (exact) mass is 254 g/mol. The van der Waals surface area contributed by atoms with Crippen LogP contribution in [0.4, 0.5) is 0 Å². The number of carbonyl (C=O) groups is 1. The summed E-state index contributed by atoms with van der Waals surface area (Å²) >= 11 is 0. The standard InChI is InChI=1S/C14H26N2O2/c1-2-15-13(14(17)18)7-8-16(9-11-3-4-11)10-12-5-6-12/h11-13,15H,2-10H2,1H3,(H,17,18). The molecule has 2 saturated carbocycles. The van der Waals surface area contributed by atoms with Crippen molar-refractivity contribution in [1.82, 2.24) is 10.2 Å². The van der Waals surface area contributed by atoms with Crippen molar-refractivity contribution in [2.45, 2.75) is 45.1 Å². The number of hydrogen-bond acceptors (Lipinski definition) is 3. The minimum Gasteiger partial charge on any atom is -0.480 e. The number of nitrogens with one attached hydrogen (secondary N) is 1. The van der Waals surface area contributed by atoms with Gasteiger partial charge in [0.15, 0.2) is 0 Å². The highest BCUT2D eigenvalue weighted by Crippen LogP contribution is 2.33. The van der Waals surface area contributed by atoms with Gasteiger partial charge >= 0.3 is 5.97 Å². The van der Waals surface area contributed by atoms with Crippen LogP contribution in [0.15, 0.2) is 0 Å². The lowest BCUT2D eigenvalue weighted by Crippen LogP contribution is -2.40. The third-order valence-corrected chi connectivity index (χ3v) is 3.91. The largest absolute Gasteiger partial charge is 0.480 e. The zero-order chi connectivity index (χ0) is 13.0. The molecule has 0 aromatic rings. The summed E-state index contributed by atoms with van der Waals surface area (Å²) in [5, 5.41) is 12.2. The first-order valence-corrected chi connectivity index (χ1v) is 7.37. The molecule has 2 N–H and O–H groups in total.